The second-order valence-corrected chi connectivity index (χ2v) is 15.7. The minimum atomic E-state index is -1.24. The molecule has 1 saturated heterocycles. The van der Waals surface area contributed by atoms with Crippen LogP contribution in [-0.2, 0) is 14.2 Å². The summed E-state index contributed by atoms with van der Waals surface area (Å²) in [6, 6.07) is 0. The summed E-state index contributed by atoms with van der Waals surface area (Å²) in [6.07, 6.45) is -2.11. The summed E-state index contributed by atoms with van der Waals surface area (Å²) in [6.45, 7) is 13.2. The van der Waals surface area contributed by atoms with Gasteiger partial charge in [0.2, 0.25) is 0 Å². The first-order chi connectivity index (χ1) is 20.6. The quantitative estimate of drug-likeness (QED) is 0.187. The van der Waals surface area contributed by atoms with Crippen LogP contribution in [0.1, 0.15) is 79.1 Å². The highest BCUT2D eigenvalue weighted by Gasteiger charge is 2.71. The number of rotatable bonds is 9. The van der Waals surface area contributed by atoms with Crippen molar-refractivity contribution in [1.82, 2.24) is 0 Å². The molecule has 1 aliphatic heterocycles. The first-order valence-electron chi connectivity index (χ1n) is 16.8. The Morgan fingerprint density at radius 1 is 0.932 bits per heavy atom. The topological polar surface area (TPSA) is 169 Å². The van der Waals surface area contributed by atoms with Gasteiger partial charge in [-0.1, -0.05) is 39.8 Å². The van der Waals surface area contributed by atoms with Gasteiger partial charge in [0, 0.05) is 31.3 Å². The first kappa shape index (κ1) is 34.7. The molecule has 0 amide bonds. The molecular formula is C34H58O10. The average Bonchev–Trinajstić information content (AvgIpc) is 3.24. The molecule has 5 aliphatic rings. The van der Waals surface area contributed by atoms with Crippen molar-refractivity contribution < 1.29 is 50.0 Å². The smallest absolute Gasteiger partial charge is 0.186 e. The molecule has 1 heterocycles. The van der Waals surface area contributed by atoms with Crippen LogP contribution in [0.2, 0.25) is 0 Å². The van der Waals surface area contributed by atoms with E-state index in [1.54, 1.807) is 0 Å². The lowest BCUT2D eigenvalue weighted by atomic mass is 9.41. The summed E-state index contributed by atoms with van der Waals surface area (Å²) in [7, 11) is 1.44. The molecular weight excluding hydrogens is 568 g/mol. The summed E-state index contributed by atoms with van der Waals surface area (Å²) in [5, 5.41) is 77.1. The molecule has 10 heteroatoms. The van der Waals surface area contributed by atoms with Crippen LogP contribution in [0.3, 0.4) is 0 Å². The van der Waals surface area contributed by atoms with Crippen molar-refractivity contribution in [2.75, 3.05) is 20.3 Å². The van der Waals surface area contributed by atoms with Crippen LogP contribution in [0, 0.1) is 46.3 Å². The molecule has 0 aromatic rings. The van der Waals surface area contributed by atoms with E-state index >= 15 is 0 Å². The van der Waals surface area contributed by atoms with Gasteiger partial charge in [-0.15, -0.1) is 0 Å². The Hall–Kier alpha value is -0.660. The molecule has 4 aliphatic carbocycles. The standard InChI is InChI=1S/C34H58O10/c1-17(19(3)15-43-31-28(40)29(42-6)24(38)16-44-31)7-8-18(2)20-13-22(36)30-32(20,4)12-10-25-33(5)11-9-21(35)27(39)26(33)23(37)14-34(25,30)41/h18-31,35-41H,1,7-16H2,2-6H3/t18?,19?,20-,21+,22-,23+,24?,25?,26?,27+,28?,29?,30?,31?,32-,33-,34+/m1/s1. The van der Waals surface area contributed by atoms with Crippen molar-refractivity contribution in [3.05, 3.63) is 12.2 Å². The number of methoxy groups -OCH3 is 1. The minimum Gasteiger partial charge on any atom is -0.393 e. The maximum atomic E-state index is 12.5. The molecule has 10 nitrogen and oxygen atoms in total. The monoisotopic (exact) mass is 626 g/mol. The van der Waals surface area contributed by atoms with Crippen LogP contribution in [-0.4, -0.2) is 111 Å². The molecule has 4 saturated carbocycles. The van der Waals surface area contributed by atoms with E-state index in [4.69, 9.17) is 14.2 Å². The predicted octanol–water partition coefficient (Wildman–Crippen LogP) is 1.75. The molecule has 0 radical (unpaired) electrons. The van der Waals surface area contributed by atoms with Crippen LogP contribution in [0.25, 0.3) is 0 Å². The van der Waals surface area contributed by atoms with Crippen molar-refractivity contribution in [3.8, 4) is 0 Å². The third kappa shape index (κ3) is 5.63. The van der Waals surface area contributed by atoms with Gasteiger partial charge < -0.3 is 50.0 Å². The number of hydrogen-bond acceptors (Lipinski definition) is 10. The predicted molar refractivity (Wildman–Crippen MR) is 162 cm³/mol. The SMILES string of the molecule is C=C(CCC(C)[C@H]1C[C@@H](O)C2[C@]3(O)C[C@H](O)C4[C@@H](O)[C@@H](O)CC[C@]4(C)C3CC[C@@]21C)C(C)COC1OCC(O)C(OC)C1O. The van der Waals surface area contributed by atoms with Crippen molar-refractivity contribution in [2.45, 2.75) is 134 Å². The number of aliphatic hydroxyl groups excluding tert-OH is 6. The third-order valence-electron chi connectivity index (χ3n) is 13.3. The highest BCUT2D eigenvalue weighted by molar-refractivity contribution is 5.21. The molecule has 17 atom stereocenters. The zero-order valence-electron chi connectivity index (χ0n) is 27.2. The maximum Gasteiger partial charge on any atom is 0.186 e. The normalized spacial score (nSPS) is 52.0. The van der Waals surface area contributed by atoms with Crippen LogP contribution in [0.4, 0.5) is 0 Å². The van der Waals surface area contributed by atoms with E-state index in [1.165, 1.54) is 7.11 Å². The van der Waals surface area contributed by atoms with E-state index in [0.29, 0.717) is 25.9 Å². The van der Waals surface area contributed by atoms with Crippen LogP contribution >= 0.6 is 0 Å². The lowest BCUT2D eigenvalue weighted by Crippen LogP contribution is -2.70. The Balaban J connectivity index is 1.21. The Morgan fingerprint density at radius 3 is 2.30 bits per heavy atom. The van der Waals surface area contributed by atoms with Crippen molar-refractivity contribution >= 4 is 0 Å². The van der Waals surface area contributed by atoms with Gasteiger partial charge in [-0.2, -0.15) is 0 Å². The van der Waals surface area contributed by atoms with E-state index in [9.17, 15) is 35.7 Å². The van der Waals surface area contributed by atoms with E-state index in [-0.39, 0.29) is 48.0 Å². The fourth-order valence-electron chi connectivity index (χ4n) is 10.9. The average molecular weight is 627 g/mol. The lowest BCUT2D eigenvalue weighted by molar-refractivity contribution is -0.280. The summed E-state index contributed by atoms with van der Waals surface area (Å²) in [4.78, 5) is 0. The molecule has 0 spiro atoms. The molecule has 7 N–H and O–H groups in total. The zero-order valence-corrected chi connectivity index (χ0v) is 27.2. The maximum absolute atomic E-state index is 12.5. The minimum absolute atomic E-state index is 0.0151. The highest BCUT2D eigenvalue weighted by atomic mass is 16.7. The van der Waals surface area contributed by atoms with Crippen LogP contribution < -0.4 is 0 Å². The Kier molecular flexibility index (Phi) is 10.0. The fraction of sp³-hybridized carbons (Fsp3) is 0.941. The number of ether oxygens (including phenoxy) is 3. The Labute approximate surface area is 262 Å². The Morgan fingerprint density at radius 2 is 1.61 bits per heavy atom. The van der Waals surface area contributed by atoms with Gasteiger partial charge in [0.25, 0.3) is 0 Å². The summed E-state index contributed by atoms with van der Waals surface area (Å²) >= 11 is 0. The largest absolute Gasteiger partial charge is 0.393 e. The summed E-state index contributed by atoms with van der Waals surface area (Å²) in [5.74, 6) is -0.558. The molecule has 0 aromatic carbocycles. The highest BCUT2D eigenvalue weighted by Crippen LogP contribution is 2.69. The molecule has 9 unspecified atom stereocenters. The van der Waals surface area contributed by atoms with Crippen molar-refractivity contribution in [3.63, 3.8) is 0 Å². The second kappa shape index (κ2) is 12.7. The van der Waals surface area contributed by atoms with Gasteiger partial charge >= 0.3 is 0 Å². The fourth-order valence-corrected chi connectivity index (χ4v) is 10.9. The van der Waals surface area contributed by atoms with Crippen LogP contribution in [0.5, 0.6) is 0 Å². The first-order valence-corrected chi connectivity index (χ1v) is 16.8. The van der Waals surface area contributed by atoms with Crippen molar-refractivity contribution in [1.29, 1.82) is 0 Å². The molecule has 44 heavy (non-hydrogen) atoms. The summed E-state index contributed by atoms with van der Waals surface area (Å²) < 4.78 is 16.5. The van der Waals surface area contributed by atoms with Gasteiger partial charge in [0.15, 0.2) is 6.29 Å². The number of fused-ring (bicyclic) bond motifs is 5. The molecule has 0 bridgehead atoms. The van der Waals surface area contributed by atoms with E-state index < -0.39 is 66.0 Å². The van der Waals surface area contributed by atoms with Gasteiger partial charge in [0.1, 0.15) is 18.3 Å². The molecule has 5 fully saturated rings. The second-order valence-electron chi connectivity index (χ2n) is 15.7. The summed E-state index contributed by atoms with van der Waals surface area (Å²) in [5.41, 5.74) is -1.03. The van der Waals surface area contributed by atoms with E-state index in [0.717, 1.165) is 31.3 Å². The van der Waals surface area contributed by atoms with Crippen molar-refractivity contribution in [2.24, 2.45) is 46.3 Å². The number of hydrogen-bond donors (Lipinski definition) is 7. The lowest BCUT2D eigenvalue weighted by Gasteiger charge is -2.66. The van der Waals surface area contributed by atoms with E-state index in [2.05, 4.69) is 27.4 Å². The third-order valence-corrected chi connectivity index (χ3v) is 13.3. The molecule has 254 valence electrons. The molecule has 0 aromatic heterocycles. The van der Waals surface area contributed by atoms with Crippen LogP contribution in [0.15, 0.2) is 12.2 Å². The van der Waals surface area contributed by atoms with Gasteiger partial charge in [-0.05, 0) is 73.5 Å². The van der Waals surface area contributed by atoms with Gasteiger partial charge in [0.05, 0.1) is 43.2 Å². The Bertz CT molecular complexity index is 1030. The number of aliphatic hydroxyl groups is 7. The van der Waals surface area contributed by atoms with Gasteiger partial charge in [-0.25, -0.2) is 0 Å². The zero-order chi connectivity index (χ0) is 32.4. The van der Waals surface area contributed by atoms with E-state index in [1.807, 2.05) is 6.92 Å². The molecule has 5 rings (SSSR count). The van der Waals surface area contributed by atoms with Gasteiger partial charge in [-0.3, -0.25) is 0 Å².